The van der Waals surface area contributed by atoms with Gasteiger partial charge in [-0.2, -0.15) is 0 Å². The summed E-state index contributed by atoms with van der Waals surface area (Å²) in [5, 5.41) is 3.62. The van der Waals surface area contributed by atoms with Crippen molar-refractivity contribution < 1.29 is 0 Å². The maximum absolute atomic E-state index is 3.62. The summed E-state index contributed by atoms with van der Waals surface area (Å²) in [6.45, 7) is 6.07. The second-order valence-corrected chi connectivity index (χ2v) is 5.11. The minimum Gasteiger partial charge on any atom is -0.314 e. The molecule has 70 valence electrons. The van der Waals surface area contributed by atoms with Gasteiger partial charge in [-0.05, 0) is 37.5 Å². The molecule has 1 N–H and O–H groups in total. The standard InChI is InChI=1S/C11H21N/c1-9-7-10-5-3-4-6-11(10,2)8-12-9/h9-10,12H,3-8H2,1-2H3. The first-order valence-corrected chi connectivity index (χ1v) is 5.44. The molecule has 2 fully saturated rings. The number of hydrogen-bond donors (Lipinski definition) is 1. The lowest BCUT2D eigenvalue weighted by atomic mass is 9.63. The van der Waals surface area contributed by atoms with Gasteiger partial charge in [0.1, 0.15) is 0 Å². The Hall–Kier alpha value is -0.0400. The smallest absolute Gasteiger partial charge is 0.00418 e. The maximum atomic E-state index is 3.62. The molecule has 1 heterocycles. The molecule has 2 rings (SSSR count). The Morgan fingerprint density at radius 1 is 1.33 bits per heavy atom. The number of hydrogen-bond acceptors (Lipinski definition) is 1. The van der Waals surface area contributed by atoms with E-state index in [0.717, 1.165) is 12.0 Å². The van der Waals surface area contributed by atoms with Crippen molar-refractivity contribution in [2.45, 2.75) is 52.0 Å². The van der Waals surface area contributed by atoms with Gasteiger partial charge in [0.05, 0.1) is 0 Å². The van der Waals surface area contributed by atoms with Gasteiger partial charge < -0.3 is 5.32 Å². The minimum absolute atomic E-state index is 0.644. The van der Waals surface area contributed by atoms with Crippen molar-refractivity contribution >= 4 is 0 Å². The Kier molecular flexibility index (Phi) is 2.16. The molecule has 0 aromatic rings. The van der Waals surface area contributed by atoms with Crippen molar-refractivity contribution in [3.63, 3.8) is 0 Å². The van der Waals surface area contributed by atoms with Gasteiger partial charge in [0.15, 0.2) is 0 Å². The second kappa shape index (κ2) is 3.02. The fourth-order valence-corrected chi connectivity index (χ4v) is 3.02. The molecular weight excluding hydrogens is 146 g/mol. The van der Waals surface area contributed by atoms with E-state index in [-0.39, 0.29) is 0 Å². The average Bonchev–Trinajstić information content (AvgIpc) is 2.06. The predicted molar refractivity (Wildman–Crippen MR) is 52.1 cm³/mol. The van der Waals surface area contributed by atoms with E-state index in [1.807, 2.05) is 0 Å². The quantitative estimate of drug-likeness (QED) is 0.584. The number of piperidine rings is 1. The van der Waals surface area contributed by atoms with Gasteiger partial charge in [-0.15, -0.1) is 0 Å². The zero-order valence-electron chi connectivity index (χ0n) is 8.40. The van der Waals surface area contributed by atoms with Crippen LogP contribution in [0.4, 0.5) is 0 Å². The molecule has 0 radical (unpaired) electrons. The Balaban J connectivity index is 2.06. The molecule has 1 saturated carbocycles. The second-order valence-electron chi connectivity index (χ2n) is 5.11. The molecule has 2 aliphatic rings. The summed E-state index contributed by atoms with van der Waals surface area (Å²) in [5.74, 6) is 1.02. The summed E-state index contributed by atoms with van der Waals surface area (Å²) in [6, 6.07) is 0.765. The lowest BCUT2D eigenvalue weighted by Gasteiger charge is -2.47. The first-order chi connectivity index (χ1) is 5.71. The van der Waals surface area contributed by atoms with Gasteiger partial charge in [-0.1, -0.05) is 19.8 Å². The molecule has 12 heavy (non-hydrogen) atoms. The van der Waals surface area contributed by atoms with Crippen LogP contribution in [0.2, 0.25) is 0 Å². The van der Waals surface area contributed by atoms with Crippen LogP contribution in [0.1, 0.15) is 46.0 Å². The molecule has 1 aliphatic carbocycles. The van der Waals surface area contributed by atoms with Gasteiger partial charge in [-0.25, -0.2) is 0 Å². The molecule has 0 aromatic carbocycles. The SMILES string of the molecule is CC1CC2CCCCC2(C)CN1. The number of nitrogens with one attached hydrogen (secondary N) is 1. The average molecular weight is 167 g/mol. The number of fused-ring (bicyclic) bond motifs is 1. The van der Waals surface area contributed by atoms with E-state index in [9.17, 15) is 0 Å². The van der Waals surface area contributed by atoms with E-state index in [0.29, 0.717) is 5.41 Å². The van der Waals surface area contributed by atoms with Crippen LogP contribution >= 0.6 is 0 Å². The van der Waals surface area contributed by atoms with Crippen LogP contribution < -0.4 is 5.32 Å². The lowest BCUT2D eigenvalue weighted by Crippen LogP contribution is -2.50. The summed E-state index contributed by atoms with van der Waals surface area (Å²) in [4.78, 5) is 0. The highest BCUT2D eigenvalue weighted by Gasteiger charge is 2.39. The van der Waals surface area contributed by atoms with Gasteiger partial charge in [0.2, 0.25) is 0 Å². The molecule has 1 nitrogen and oxygen atoms in total. The summed E-state index contributed by atoms with van der Waals surface area (Å²) in [6.07, 6.45) is 7.30. The molecule has 0 spiro atoms. The fourth-order valence-electron chi connectivity index (χ4n) is 3.02. The predicted octanol–water partition coefficient (Wildman–Crippen LogP) is 2.56. The van der Waals surface area contributed by atoms with Crippen molar-refractivity contribution in [3.8, 4) is 0 Å². The fraction of sp³-hybridized carbons (Fsp3) is 1.00. The molecule has 1 heteroatoms. The van der Waals surface area contributed by atoms with Crippen molar-refractivity contribution in [2.75, 3.05) is 6.54 Å². The molecule has 0 amide bonds. The molecule has 3 atom stereocenters. The Morgan fingerprint density at radius 2 is 2.17 bits per heavy atom. The van der Waals surface area contributed by atoms with E-state index in [4.69, 9.17) is 0 Å². The zero-order chi connectivity index (χ0) is 8.60. The van der Waals surface area contributed by atoms with Crippen molar-refractivity contribution in [3.05, 3.63) is 0 Å². The van der Waals surface area contributed by atoms with E-state index in [1.165, 1.54) is 38.6 Å². The molecule has 3 unspecified atom stereocenters. The third kappa shape index (κ3) is 1.39. The largest absolute Gasteiger partial charge is 0.314 e. The topological polar surface area (TPSA) is 12.0 Å². The Morgan fingerprint density at radius 3 is 3.00 bits per heavy atom. The van der Waals surface area contributed by atoms with E-state index in [2.05, 4.69) is 19.2 Å². The minimum atomic E-state index is 0.644. The van der Waals surface area contributed by atoms with Gasteiger partial charge >= 0.3 is 0 Å². The third-order valence-electron chi connectivity index (χ3n) is 4.03. The highest BCUT2D eigenvalue weighted by atomic mass is 14.9. The monoisotopic (exact) mass is 167 g/mol. The van der Waals surface area contributed by atoms with Crippen molar-refractivity contribution in [1.82, 2.24) is 5.32 Å². The Bertz CT molecular complexity index is 166. The van der Waals surface area contributed by atoms with E-state index in [1.54, 1.807) is 0 Å². The normalized spacial score (nSPS) is 48.5. The first-order valence-electron chi connectivity index (χ1n) is 5.44. The molecular formula is C11H21N. The van der Waals surface area contributed by atoms with Crippen molar-refractivity contribution in [2.24, 2.45) is 11.3 Å². The van der Waals surface area contributed by atoms with E-state index >= 15 is 0 Å². The van der Waals surface area contributed by atoms with Crippen LogP contribution in [0.15, 0.2) is 0 Å². The highest BCUT2D eigenvalue weighted by molar-refractivity contribution is 4.93. The summed E-state index contributed by atoms with van der Waals surface area (Å²) >= 11 is 0. The van der Waals surface area contributed by atoms with Crippen LogP contribution in [0.3, 0.4) is 0 Å². The lowest BCUT2D eigenvalue weighted by molar-refractivity contribution is 0.0621. The molecule has 1 saturated heterocycles. The number of rotatable bonds is 0. The highest BCUT2D eigenvalue weighted by Crippen LogP contribution is 2.44. The van der Waals surface area contributed by atoms with Crippen LogP contribution in [-0.2, 0) is 0 Å². The van der Waals surface area contributed by atoms with Gasteiger partial charge in [-0.3, -0.25) is 0 Å². The van der Waals surface area contributed by atoms with Crippen LogP contribution in [-0.4, -0.2) is 12.6 Å². The van der Waals surface area contributed by atoms with Gasteiger partial charge in [0, 0.05) is 12.6 Å². The zero-order valence-corrected chi connectivity index (χ0v) is 8.40. The summed E-state index contributed by atoms with van der Waals surface area (Å²) < 4.78 is 0. The van der Waals surface area contributed by atoms with Crippen LogP contribution in [0, 0.1) is 11.3 Å². The van der Waals surface area contributed by atoms with Crippen LogP contribution in [0.5, 0.6) is 0 Å². The summed E-state index contributed by atoms with van der Waals surface area (Å²) in [7, 11) is 0. The van der Waals surface area contributed by atoms with Crippen molar-refractivity contribution in [1.29, 1.82) is 0 Å². The molecule has 1 aliphatic heterocycles. The van der Waals surface area contributed by atoms with E-state index < -0.39 is 0 Å². The van der Waals surface area contributed by atoms with Crippen LogP contribution in [0.25, 0.3) is 0 Å². The first kappa shape index (κ1) is 8.55. The molecule has 0 bridgehead atoms. The Labute approximate surface area is 75.9 Å². The van der Waals surface area contributed by atoms with Gasteiger partial charge in [0.25, 0.3) is 0 Å². The summed E-state index contributed by atoms with van der Waals surface area (Å²) in [5.41, 5.74) is 0.644. The maximum Gasteiger partial charge on any atom is 0.00418 e. The molecule has 0 aromatic heterocycles. The third-order valence-corrected chi connectivity index (χ3v) is 4.03.